The summed E-state index contributed by atoms with van der Waals surface area (Å²) in [5.41, 5.74) is 5.73. The Balaban J connectivity index is 4.15. The Labute approximate surface area is 190 Å². The van der Waals surface area contributed by atoms with E-state index in [0.29, 0.717) is 3.57 Å². The first-order valence-electron chi connectivity index (χ1n) is 6.97. The van der Waals surface area contributed by atoms with Gasteiger partial charge < -0.3 is 5.73 Å². The lowest BCUT2D eigenvalue weighted by atomic mass is 10.1. The monoisotopic (exact) mass is 697 g/mol. The van der Waals surface area contributed by atoms with Crippen LogP contribution in [0.25, 0.3) is 0 Å². The molecular weight excluding hydrogens is 683 g/mol. The molecule has 0 spiro atoms. The van der Waals surface area contributed by atoms with Crippen LogP contribution in [0.15, 0.2) is 0 Å². The number of halogens is 3. The number of primary amides is 1. The van der Waals surface area contributed by atoms with Crippen LogP contribution in [0.1, 0.15) is 38.1 Å². The molecule has 0 radical (unpaired) electrons. The highest BCUT2D eigenvalue weighted by atomic mass is 127. The van der Waals surface area contributed by atoms with Crippen molar-refractivity contribution in [1.82, 2.24) is 0 Å². The molecule has 0 aromatic heterocycles. The summed E-state index contributed by atoms with van der Waals surface area (Å²) in [5, 5.41) is 0. The lowest BCUT2D eigenvalue weighted by Crippen LogP contribution is -2.38. The van der Waals surface area contributed by atoms with Crippen LogP contribution in [0.2, 0.25) is 0 Å². The number of hydrogen-bond acceptors (Lipinski definition) is 5. The van der Waals surface area contributed by atoms with Gasteiger partial charge in [-0.3, -0.25) is 24.0 Å². The third-order valence-corrected chi connectivity index (χ3v) is 6.35. The van der Waals surface area contributed by atoms with Crippen molar-refractivity contribution in [3.63, 3.8) is 0 Å². The molecule has 0 saturated carbocycles. The lowest BCUT2D eigenvalue weighted by molar-refractivity contribution is -0.125. The predicted molar refractivity (Wildman–Crippen MR) is 121 cm³/mol. The molecule has 1 aromatic carbocycles. The molecule has 8 nitrogen and oxygen atoms in total. The molecule has 140 valence electrons. The van der Waals surface area contributed by atoms with Crippen LogP contribution in [0, 0.1) is 10.7 Å². The molecule has 5 amide bonds. The Hall–Kier alpha value is -0.840. The van der Waals surface area contributed by atoms with Crippen molar-refractivity contribution in [2.45, 2.75) is 27.7 Å². The van der Waals surface area contributed by atoms with Gasteiger partial charge in [-0.25, -0.2) is 9.80 Å². The van der Waals surface area contributed by atoms with Crippen molar-refractivity contribution >= 4 is 109 Å². The van der Waals surface area contributed by atoms with Gasteiger partial charge in [-0.15, -0.1) is 0 Å². The van der Waals surface area contributed by atoms with Crippen molar-refractivity contribution in [1.29, 1.82) is 0 Å². The van der Waals surface area contributed by atoms with E-state index in [0.717, 1.165) is 9.80 Å². The van der Waals surface area contributed by atoms with E-state index >= 15 is 0 Å². The van der Waals surface area contributed by atoms with E-state index in [2.05, 4.69) is 0 Å². The molecule has 0 aliphatic carbocycles. The third-order valence-electron chi connectivity index (χ3n) is 3.22. The number of carbonyl (C=O) groups is 5. The van der Waals surface area contributed by atoms with Gasteiger partial charge in [0.15, 0.2) is 0 Å². The highest BCUT2D eigenvalue weighted by Crippen LogP contribution is 2.42. The Morgan fingerprint density at radius 1 is 0.654 bits per heavy atom. The van der Waals surface area contributed by atoms with Gasteiger partial charge in [0.05, 0.1) is 27.6 Å². The van der Waals surface area contributed by atoms with Gasteiger partial charge in [-0.1, -0.05) is 0 Å². The average molecular weight is 697 g/mol. The van der Waals surface area contributed by atoms with E-state index in [9.17, 15) is 24.0 Å². The Morgan fingerprint density at radius 2 is 0.923 bits per heavy atom. The second-order valence-corrected chi connectivity index (χ2v) is 8.36. The van der Waals surface area contributed by atoms with Gasteiger partial charge in [-0.2, -0.15) is 0 Å². The van der Waals surface area contributed by atoms with E-state index in [-0.39, 0.29) is 24.1 Å². The first-order chi connectivity index (χ1) is 11.8. The molecule has 2 N–H and O–H groups in total. The summed E-state index contributed by atoms with van der Waals surface area (Å²) in [7, 11) is 0. The molecule has 0 heterocycles. The van der Waals surface area contributed by atoms with Gasteiger partial charge in [0, 0.05) is 27.7 Å². The Bertz CT molecular complexity index is 766. The van der Waals surface area contributed by atoms with E-state index in [1.54, 1.807) is 0 Å². The SMILES string of the molecule is CC(=O)N(C(C)=O)c1c(I)c(C(N)=O)c(I)c(N(C(C)=O)C(C)=O)c1I. The number of imide groups is 2. The molecule has 0 atom stereocenters. The van der Waals surface area contributed by atoms with Crippen molar-refractivity contribution in [2.24, 2.45) is 5.73 Å². The highest BCUT2D eigenvalue weighted by molar-refractivity contribution is 14.1. The van der Waals surface area contributed by atoms with E-state index < -0.39 is 29.5 Å². The average Bonchev–Trinajstić information content (AvgIpc) is 2.45. The van der Waals surface area contributed by atoms with Gasteiger partial charge in [0.2, 0.25) is 23.6 Å². The molecule has 1 aromatic rings. The van der Waals surface area contributed by atoms with Crippen molar-refractivity contribution in [2.75, 3.05) is 9.80 Å². The van der Waals surface area contributed by atoms with Crippen LogP contribution in [0.4, 0.5) is 11.4 Å². The molecule has 0 aliphatic heterocycles. The fourth-order valence-electron chi connectivity index (χ4n) is 2.32. The second kappa shape index (κ2) is 8.90. The van der Waals surface area contributed by atoms with E-state index in [1.165, 1.54) is 27.7 Å². The maximum Gasteiger partial charge on any atom is 0.251 e. The molecule has 0 bridgehead atoms. The molecule has 0 fully saturated rings. The normalized spacial score (nSPS) is 10.3. The first-order valence-corrected chi connectivity index (χ1v) is 10.2. The maximum absolute atomic E-state index is 12.0. The summed E-state index contributed by atoms with van der Waals surface area (Å²) in [5.74, 6) is -3.11. The number of nitrogens with zero attached hydrogens (tertiary/aromatic N) is 2. The maximum atomic E-state index is 12.0. The summed E-state index contributed by atoms with van der Waals surface area (Å²) >= 11 is 5.48. The van der Waals surface area contributed by atoms with Crippen molar-refractivity contribution in [3.05, 3.63) is 16.3 Å². The minimum Gasteiger partial charge on any atom is -0.366 e. The summed E-state index contributed by atoms with van der Waals surface area (Å²) in [6, 6.07) is 0. The first kappa shape index (κ1) is 23.2. The largest absolute Gasteiger partial charge is 0.366 e. The Morgan fingerprint density at radius 3 is 1.12 bits per heavy atom. The fourth-order valence-corrected chi connectivity index (χ4v) is 6.98. The van der Waals surface area contributed by atoms with Crippen LogP contribution >= 0.6 is 67.8 Å². The summed E-state index contributed by atoms with van der Waals surface area (Å²) in [6.07, 6.45) is 0. The van der Waals surface area contributed by atoms with Gasteiger partial charge in [0.1, 0.15) is 0 Å². The van der Waals surface area contributed by atoms with Crippen LogP contribution in [-0.4, -0.2) is 29.5 Å². The van der Waals surface area contributed by atoms with Crippen molar-refractivity contribution in [3.8, 4) is 0 Å². The fraction of sp³-hybridized carbons (Fsp3) is 0.267. The minimum absolute atomic E-state index is 0.0246. The predicted octanol–water partition coefficient (Wildman–Crippen LogP) is 2.40. The highest BCUT2D eigenvalue weighted by Gasteiger charge is 2.33. The second-order valence-electron chi connectivity index (χ2n) is 5.13. The quantitative estimate of drug-likeness (QED) is 0.488. The van der Waals surface area contributed by atoms with Crippen molar-refractivity contribution < 1.29 is 24.0 Å². The van der Waals surface area contributed by atoms with Crippen LogP contribution < -0.4 is 15.5 Å². The minimum atomic E-state index is -0.809. The molecule has 0 aliphatic rings. The number of hydrogen-bond donors (Lipinski definition) is 1. The summed E-state index contributed by atoms with van der Waals surface area (Å²) in [4.78, 5) is 61.9. The zero-order valence-corrected chi connectivity index (χ0v) is 20.6. The van der Waals surface area contributed by atoms with E-state index in [4.69, 9.17) is 5.73 Å². The smallest absolute Gasteiger partial charge is 0.251 e. The third kappa shape index (κ3) is 4.35. The zero-order valence-electron chi connectivity index (χ0n) is 14.1. The number of nitrogens with two attached hydrogens (primary N) is 1. The van der Waals surface area contributed by atoms with Gasteiger partial charge >= 0.3 is 0 Å². The van der Waals surface area contributed by atoms with Crippen LogP contribution in [0.3, 0.4) is 0 Å². The summed E-state index contributed by atoms with van der Waals surface area (Å²) < 4.78 is 0.868. The van der Waals surface area contributed by atoms with Gasteiger partial charge in [0.25, 0.3) is 5.91 Å². The lowest BCUT2D eigenvalue weighted by Gasteiger charge is -2.28. The molecule has 0 saturated heterocycles. The number of anilines is 2. The molecular formula is C15H14I3N3O5. The number of rotatable bonds is 3. The molecule has 1 rings (SSSR count). The van der Waals surface area contributed by atoms with Crippen LogP contribution in [-0.2, 0) is 19.2 Å². The topological polar surface area (TPSA) is 118 Å². The number of amides is 5. The van der Waals surface area contributed by atoms with E-state index in [1.807, 2.05) is 67.8 Å². The Kier molecular flexibility index (Phi) is 7.94. The molecule has 11 heteroatoms. The molecule has 0 unspecified atom stereocenters. The summed E-state index contributed by atoms with van der Waals surface area (Å²) in [6.45, 7) is 4.79. The number of benzene rings is 1. The molecule has 26 heavy (non-hydrogen) atoms. The van der Waals surface area contributed by atoms with Gasteiger partial charge in [-0.05, 0) is 67.8 Å². The number of carbonyl (C=O) groups excluding carboxylic acids is 5. The zero-order chi connectivity index (χ0) is 20.5. The van der Waals surface area contributed by atoms with Crippen LogP contribution in [0.5, 0.6) is 0 Å². The standard InChI is InChI=1S/C15H14I3N3O5/c1-5(22)20(6(2)23)13-10(16)9(15(19)26)11(17)14(12(13)18)21(7(3)24)8(4)25/h1-4H3,(H2,19,26).